The van der Waals surface area contributed by atoms with Crippen molar-refractivity contribution in [2.24, 2.45) is 10.4 Å². The molecule has 190 valence electrons. The summed E-state index contributed by atoms with van der Waals surface area (Å²) in [5, 5.41) is 1.52. The Morgan fingerprint density at radius 1 is 1.03 bits per heavy atom. The number of hydrazine groups is 1. The van der Waals surface area contributed by atoms with Gasteiger partial charge in [0.1, 0.15) is 17.8 Å². The molecule has 7 nitrogen and oxygen atoms in total. The van der Waals surface area contributed by atoms with Gasteiger partial charge in [0, 0.05) is 5.56 Å². The zero-order chi connectivity index (χ0) is 26.4. The average molecular weight is 516 g/mol. The number of benzene rings is 3. The molecule has 0 saturated carbocycles. The van der Waals surface area contributed by atoms with Crippen LogP contribution in [0.25, 0.3) is 0 Å². The van der Waals surface area contributed by atoms with Gasteiger partial charge in [-0.15, -0.1) is 0 Å². The number of carbonyl (C=O) groups is 1. The van der Waals surface area contributed by atoms with E-state index in [1.165, 1.54) is 11.3 Å². The number of carbonyl (C=O) groups excluding carboxylic acids is 1. The number of ether oxygens (including phenoxy) is 1. The van der Waals surface area contributed by atoms with Gasteiger partial charge in [-0.25, -0.2) is 4.99 Å². The maximum absolute atomic E-state index is 14.1. The molecular weight excluding hydrogens is 486 g/mol. The molecular formula is C29H29N3O4S. The normalized spacial score (nSPS) is 20.5. The number of hydrogen-bond acceptors (Lipinski definition) is 6. The van der Waals surface area contributed by atoms with Crippen molar-refractivity contribution in [3.8, 4) is 0 Å². The Balaban J connectivity index is 1.76. The largest absolute Gasteiger partial charge is 0.465 e. The van der Waals surface area contributed by atoms with Crippen LogP contribution in [-0.2, 0) is 26.0 Å². The summed E-state index contributed by atoms with van der Waals surface area (Å²) in [5.41, 5.74) is 2.95. The number of aryl methyl sites for hydroxylation is 2. The van der Waals surface area contributed by atoms with Gasteiger partial charge in [-0.05, 0) is 51.0 Å². The van der Waals surface area contributed by atoms with Gasteiger partial charge in [-0.1, -0.05) is 72.3 Å². The molecule has 0 radical (unpaired) electrons. The van der Waals surface area contributed by atoms with Gasteiger partial charge >= 0.3 is 5.97 Å². The maximum Gasteiger partial charge on any atom is 0.321 e. The van der Waals surface area contributed by atoms with Gasteiger partial charge in [-0.3, -0.25) is 9.80 Å². The fraction of sp³-hybridized carbons (Fsp3) is 0.241. The molecule has 3 aromatic carbocycles. The highest BCUT2D eigenvalue weighted by atomic mass is 32.2. The van der Waals surface area contributed by atoms with Crippen molar-refractivity contribution in [3.05, 3.63) is 107 Å². The van der Waals surface area contributed by atoms with E-state index in [2.05, 4.69) is 11.6 Å². The van der Waals surface area contributed by atoms with Crippen LogP contribution in [0.5, 0.6) is 0 Å². The maximum atomic E-state index is 14.1. The van der Waals surface area contributed by atoms with E-state index in [1.54, 1.807) is 31.2 Å². The number of esters is 1. The van der Waals surface area contributed by atoms with Crippen LogP contribution in [0.4, 0.5) is 5.69 Å². The number of sulfonamides is 1. The van der Waals surface area contributed by atoms with Gasteiger partial charge in [0.05, 0.1) is 22.9 Å². The summed E-state index contributed by atoms with van der Waals surface area (Å²) in [4.78, 5) is 18.6. The molecule has 3 aromatic rings. The Morgan fingerprint density at radius 2 is 1.76 bits per heavy atom. The number of rotatable bonds is 6. The number of aliphatic imine (C=N–C) groups is 1. The van der Waals surface area contributed by atoms with Crippen molar-refractivity contribution in [2.45, 2.75) is 38.1 Å². The fourth-order valence-electron chi connectivity index (χ4n) is 5.26. The second-order valence-electron chi connectivity index (χ2n) is 9.45. The first-order valence-corrected chi connectivity index (χ1v) is 13.6. The van der Waals surface area contributed by atoms with E-state index in [1.807, 2.05) is 62.4 Å². The topological polar surface area (TPSA) is 79.3 Å². The first-order valence-electron chi connectivity index (χ1n) is 12.2. The minimum atomic E-state index is -4.14. The van der Waals surface area contributed by atoms with Crippen molar-refractivity contribution >= 4 is 28.0 Å². The molecule has 2 aliphatic rings. The summed E-state index contributed by atoms with van der Waals surface area (Å²) in [5.74, 6) is -0.525. The Morgan fingerprint density at radius 3 is 2.46 bits per heavy atom. The standard InChI is InChI=1S/C29H29N3O4S/c1-5-36-28(33)29(18-23-10-8-9-21(3)17-23)22(4)32(37(34,35)24-15-13-20(2)14-16-24)31-19-30-26-12-7-6-11-25(26)27(29)31/h6-17,19,27H,4-5,18H2,1-3H3/t27-,29-/m1/s1. The van der Waals surface area contributed by atoms with Gasteiger partial charge in [0.15, 0.2) is 0 Å². The lowest BCUT2D eigenvalue weighted by molar-refractivity contribution is -0.154. The smallest absolute Gasteiger partial charge is 0.321 e. The van der Waals surface area contributed by atoms with Crippen LogP contribution >= 0.6 is 0 Å². The molecule has 0 unspecified atom stereocenters. The van der Waals surface area contributed by atoms with Crippen LogP contribution < -0.4 is 0 Å². The Bertz CT molecular complexity index is 1510. The van der Waals surface area contributed by atoms with E-state index in [0.29, 0.717) is 5.69 Å². The molecule has 2 atom stereocenters. The van der Waals surface area contributed by atoms with E-state index in [4.69, 9.17) is 4.74 Å². The van der Waals surface area contributed by atoms with Crippen molar-refractivity contribution in [1.82, 2.24) is 9.42 Å². The number of fused-ring (bicyclic) bond motifs is 3. The lowest BCUT2D eigenvalue weighted by Crippen LogP contribution is -2.43. The van der Waals surface area contributed by atoms with Crippen molar-refractivity contribution < 1.29 is 17.9 Å². The molecule has 0 amide bonds. The molecule has 5 rings (SSSR count). The third kappa shape index (κ3) is 3.92. The van der Waals surface area contributed by atoms with E-state index in [-0.39, 0.29) is 23.6 Å². The minimum Gasteiger partial charge on any atom is -0.465 e. The molecule has 8 heteroatoms. The molecule has 0 spiro atoms. The van der Waals surface area contributed by atoms with Gasteiger partial charge in [-0.2, -0.15) is 12.8 Å². The highest BCUT2D eigenvalue weighted by molar-refractivity contribution is 7.89. The molecule has 1 saturated heterocycles. The molecule has 0 bridgehead atoms. The Hall–Kier alpha value is -3.91. The fourth-order valence-corrected chi connectivity index (χ4v) is 6.78. The van der Waals surface area contributed by atoms with Gasteiger partial charge in [0.2, 0.25) is 0 Å². The Labute approximate surface area is 217 Å². The predicted molar refractivity (Wildman–Crippen MR) is 142 cm³/mol. The van der Waals surface area contributed by atoms with E-state index >= 15 is 0 Å². The summed E-state index contributed by atoms with van der Waals surface area (Å²) >= 11 is 0. The van der Waals surface area contributed by atoms with E-state index in [0.717, 1.165) is 26.7 Å². The number of nitrogens with zero attached hydrogens (tertiary/aromatic N) is 3. The average Bonchev–Trinajstić information content (AvgIpc) is 3.14. The summed E-state index contributed by atoms with van der Waals surface area (Å²) in [7, 11) is -4.14. The SMILES string of the molecule is C=C1N(S(=O)(=O)c2ccc(C)cc2)N2C=Nc3ccccc3[C@@H]2[C@]1(Cc1cccc(C)c1)C(=O)OCC. The Kier molecular flexibility index (Phi) is 6.15. The lowest BCUT2D eigenvalue weighted by Gasteiger charge is -2.36. The molecule has 2 aliphatic heterocycles. The highest BCUT2D eigenvalue weighted by Gasteiger charge is 2.64. The predicted octanol–water partition coefficient (Wildman–Crippen LogP) is 5.25. The zero-order valence-corrected chi connectivity index (χ0v) is 21.9. The molecule has 1 fully saturated rings. The van der Waals surface area contributed by atoms with Gasteiger partial charge < -0.3 is 4.74 Å². The molecule has 2 heterocycles. The van der Waals surface area contributed by atoms with Crippen LogP contribution in [0, 0.1) is 19.3 Å². The summed E-state index contributed by atoms with van der Waals surface area (Å²) in [6.45, 7) is 10.0. The van der Waals surface area contributed by atoms with E-state index in [9.17, 15) is 13.2 Å². The van der Waals surface area contributed by atoms with Crippen LogP contribution in [0.3, 0.4) is 0 Å². The quantitative estimate of drug-likeness (QED) is 0.419. The van der Waals surface area contributed by atoms with Crippen LogP contribution in [0.2, 0.25) is 0 Å². The highest BCUT2D eigenvalue weighted by Crippen LogP contribution is 2.58. The van der Waals surface area contributed by atoms with Crippen molar-refractivity contribution in [3.63, 3.8) is 0 Å². The first-order chi connectivity index (χ1) is 17.7. The molecule has 0 aromatic heterocycles. The summed E-state index contributed by atoms with van der Waals surface area (Å²) in [6.07, 6.45) is 1.68. The summed E-state index contributed by atoms with van der Waals surface area (Å²) in [6, 6.07) is 21.2. The van der Waals surface area contributed by atoms with Crippen LogP contribution in [0.15, 0.2) is 95.0 Å². The van der Waals surface area contributed by atoms with Crippen molar-refractivity contribution in [1.29, 1.82) is 0 Å². The number of hydrogen-bond donors (Lipinski definition) is 0. The zero-order valence-electron chi connectivity index (χ0n) is 21.1. The lowest BCUT2D eigenvalue weighted by atomic mass is 9.71. The molecule has 0 aliphatic carbocycles. The number of para-hydroxylation sites is 1. The van der Waals surface area contributed by atoms with Crippen molar-refractivity contribution in [2.75, 3.05) is 6.61 Å². The molecule has 0 N–H and O–H groups in total. The van der Waals surface area contributed by atoms with E-state index < -0.39 is 27.4 Å². The van der Waals surface area contributed by atoms with Crippen LogP contribution in [-0.4, -0.2) is 36.8 Å². The second kappa shape index (κ2) is 9.19. The van der Waals surface area contributed by atoms with Crippen LogP contribution in [0.1, 0.15) is 35.2 Å². The monoisotopic (exact) mass is 515 g/mol. The molecule has 37 heavy (non-hydrogen) atoms. The third-order valence-corrected chi connectivity index (χ3v) is 8.72. The minimum absolute atomic E-state index is 0.0977. The summed E-state index contributed by atoms with van der Waals surface area (Å²) < 4.78 is 35.0. The third-order valence-electron chi connectivity index (χ3n) is 6.99. The first kappa shape index (κ1) is 24.8. The second-order valence-corrected chi connectivity index (χ2v) is 11.2. The van der Waals surface area contributed by atoms with Gasteiger partial charge in [0.25, 0.3) is 10.0 Å².